The number of carbonyl (C=O) groups is 4. The predicted molar refractivity (Wildman–Crippen MR) is 144 cm³/mol. The van der Waals surface area contributed by atoms with Crippen molar-refractivity contribution in [3.63, 3.8) is 0 Å². The van der Waals surface area contributed by atoms with Crippen molar-refractivity contribution in [2.75, 3.05) is 33.2 Å². The van der Waals surface area contributed by atoms with Gasteiger partial charge >= 0.3 is 12.1 Å². The highest BCUT2D eigenvalue weighted by Crippen LogP contribution is 2.35. The van der Waals surface area contributed by atoms with Gasteiger partial charge in [0.15, 0.2) is 0 Å². The van der Waals surface area contributed by atoms with Crippen LogP contribution in [0.5, 0.6) is 0 Å². The Kier molecular flexibility index (Phi) is 10.6. The number of aromatic nitrogens is 2. The number of amides is 3. The number of carbonyl (C=O) groups excluding carboxylic acids is 3. The number of carboxylic acids is 1. The number of hydrogen-bond donors (Lipinski definition) is 2. The molecule has 2 atom stereocenters. The Hall–Kier alpha value is -3.32. The smallest absolute Gasteiger partial charge is 0.475 e. The van der Waals surface area contributed by atoms with Gasteiger partial charge in [-0.05, 0) is 37.0 Å². The van der Waals surface area contributed by atoms with Crippen molar-refractivity contribution in [1.82, 2.24) is 24.9 Å². The first-order chi connectivity index (χ1) is 19.2. The SMILES string of the molecule is CC(=O)N1CCC(C(=O)N2CC[C@@H](N(C)C(=O)c3cn[nH]c3)[C@H](c3ccc(Cl)c(Cl)c3)C2)CC1.O=C(O)C(F)(F)F. The van der Waals surface area contributed by atoms with E-state index in [1.807, 2.05) is 17.0 Å². The van der Waals surface area contributed by atoms with Crippen LogP contribution in [0.3, 0.4) is 0 Å². The number of halogens is 5. The molecule has 2 aliphatic heterocycles. The molecule has 2 N–H and O–H groups in total. The van der Waals surface area contributed by atoms with Crippen LogP contribution in [0.4, 0.5) is 13.2 Å². The maximum absolute atomic E-state index is 13.4. The number of nitrogens with zero attached hydrogens (tertiary/aromatic N) is 4. The van der Waals surface area contributed by atoms with E-state index in [0.29, 0.717) is 61.1 Å². The first-order valence-electron chi connectivity index (χ1n) is 12.8. The molecule has 0 radical (unpaired) electrons. The third kappa shape index (κ3) is 8.13. The Labute approximate surface area is 244 Å². The van der Waals surface area contributed by atoms with Crippen LogP contribution in [0.2, 0.25) is 10.0 Å². The molecule has 224 valence electrons. The molecular formula is C26H30Cl2F3N5O5. The summed E-state index contributed by atoms with van der Waals surface area (Å²) in [7, 11) is 1.79. The molecule has 0 bridgehead atoms. The number of aliphatic carboxylic acids is 1. The number of aromatic amines is 1. The summed E-state index contributed by atoms with van der Waals surface area (Å²) in [6.45, 7) is 3.84. The number of hydrogen-bond acceptors (Lipinski definition) is 5. The van der Waals surface area contributed by atoms with Crippen molar-refractivity contribution >= 4 is 46.9 Å². The number of piperidine rings is 2. The second-order valence-electron chi connectivity index (χ2n) is 9.91. The molecule has 2 saturated heterocycles. The third-order valence-corrected chi connectivity index (χ3v) is 8.09. The largest absolute Gasteiger partial charge is 0.490 e. The normalized spacial score (nSPS) is 19.7. The molecule has 0 saturated carbocycles. The van der Waals surface area contributed by atoms with E-state index in [2.05, 4.69) is 10.2 Å². The highest BCUT2D eigenvalue weighted by Gasteiger charge is 2.40. The molecule has 2 aromatic rings. The number of likely N-dealkylation sites (tertiary alicyclic amines) is 2. The predicted octanol–water partition coefficient (Wildman–Crippen LogP) is 4.07. The standard InChI is InChI=1S/C24H29Cl2N5O3.C2HF3O2/c1-15(32)30-8-5-16(6-9-30)24(34)31-10-7-22(29(2)23(33)18-12-27-28-13-18)19(14-31)17-3-4-20(25)21(26)11-17;3-2(4,5)1(6)7/h3-4,11-13,16,19,22H,5-10,14H2,1-2H3,(H,27,28);(H,6,7)/t19-,22+;/m0./s1. The van der Waals surface area contributed by atoms with Crippen LogP contribution in [-0.4, -0.2) is 99.1 Å². The van der Waals surface area contributed by atoms with E-state index in [1.165, 1.54) is 6.20 Å². The zero-order valence-corrected chi connectivity index (χ0v) is 23.8. The molecule has 2 fully saturated rings. The zero-order valence-electron chi connectivity index (χ0n) is 22.3. The average molecular weight is 620 g/mol. The third-order valence-electron chi connectivity index (χ3n) is 7.35. The van der Waals surface area contributed by atoms with Crippen molar-refractivity contribution in [1.29, 1.82) is 0 Å². The van der Waals surface area contributed by atoms with Crippen LogP contribution in [0.15, 0.2) is 30.6 Å². The van der Waals surface area contributed by atoms with Gasteiger partial charge in [0.2, 0.25) is 11.8 Å². The van der Waals surface area contributed by atoms with E-state index < -0.39 is 12.1 Å². The van der Waals surface area contributed by atoms with Gasteiger partial charge < -0.3 is 19.8 Å². The van der Waals surface area contributed by atoms with E-state index in [0.717, 1.165) is 5.56 Å². The highest BCUT2D eigenvalue weighted by molar-refractivity contribution is 6.42. The summed E-state index contributed by atoms with van der Waals surface area (Å²) in [4.78, 5) is 52.4. The van der Waals surface area contributed by atoms with Gasteiger partial charge in [0.05, 0.1) is 21.8 Å². The van der Waals surface area contributed by atoms with Crippen molar-refractivity contribution in [2.24, 2.45) is 5.92 Å². The quantitative estimate of drug-likeness (QED) is 0.531. The summed E-state index contributed by atoms with van der Waals surface area (Å²) < 4.78 is 31.7. The fourth-order valence-electron chi connectivity index (χ4n) is 5.10. The molecule has 2 aliphatic rings. The lowest BCUT2D eigenvalue weighted by Gasteiger charge is -2.44. The van der Waals surface area contributed by atoms with Gasteiger partial charge in [-0.1, -0.05) is 29.3 Å². The lowest BCUT2D eigenvalue weighted by Crippen LogP contribution is -2.53. The molecule has 41 heavy (non-hydrogen) atoms. The molecule has 0 aliphatic carbocycles. The number of H-pyrrole nitrogens is 1. The van der Waals surface area contributed by atoms with E-state index >= 15 is 0 Å². The Morgan fingerprint density at radius 1 is 1.05 bits per heavy atom. The van der Waals surface area contributed by atoms with Crippen molar-refractivity contribution < 1.29 is 37.5 Å². The van der Waals surface area contributed by atoms with Crippen LogP contribution in [0, 0.1) is 5.92 Å². The molecule has 3 heterocycles. The Bertz CT molecular complexity index is 1250. The van der Waals surface area contributed by atoms with Crippen molar-refractivity contribution in [3.8, 4) is 0 Å². The topological polar surface area (TPSA) is 127 Å². The zero-order chi connectivity index (χ0) is 30.5. The fraction of sp³-hybridized carbons (Fsp3) is 0.500. The van der Waals surface area contributed by atoms with Crippen LogP contribution >= 0.6 is 23.2 Å². The molecule has 1 aromatic heterocycles. The maximum Gasteiger partial charge on any atom is 0.490 e. The van der Waals surface area contributed by atoms with E-state index in [9.17, 15) is 27.6 Å². The molecule has 4 rings (SSSR count). The molecule has 15 heteroatoms. The highest BCUT2D eigenvalue weighted by atomic mass is 35.5. The average Bonchev–Trinajstić information content (AvgIpc) is 3.48. The molecule has 3 amide bonds. The Morgan fingerprint density at radius 2 is 1.66 bits per heavy atom. The summed E-state index contributed by atoms with van der Waals surface area (Å²) in [6.07, 6.45) is 0.00444. The van der Waals surface area contributed by atoms with E-state index in [1.54, 1.807) is 36.0 Å². The van der Waals surface area contributed by atoms with Gasteiger partial charge in [-0.25, -0.2) is 4.79 Å². The van der Waals surface area contributed by atoms with Gasteiger partial charge in [0.25, 0.3) is 5.91 Å². The minimum atomic E-state index is -5.08. The fourth-order valence-corrected chi connectivity index (χ4v) is 5.40. The molecular weight excluding hydrogens is 590 g/mol. The summed E-state index contributed by atoms with van der Waals surface area (Å²) >= 11 is 12.5. The summed E-state index contributed by atoms with van der Waals surface area (Å²) in [6, 6.07) is 5.38. The van der Waals surface area contributed by atoms with Gasteiger partial charge in [0.1, 0.15) is 0 Å². The van der Waals surface area contributed by atoms with Crippen LogP contribution in [0.1, 0.15) is 48.0 Å². The minimum Gasteiger partial charge on any atom is -0.475 e. The maximum atomic E-state index is 13.4. The summed E-state index contributed by atoms with van der Waals surface area (Å²) in [5.41, 5.74) is 1.43. The summed E-state index contributed by atoms with van der Waals surface area (Å²) in [5, 5.41) is 14.6. The molecule has 0 unspecified atom stereocenters. The van der Waals surface area contributed by atoms with Gasteiger partial charge in [0, 0.05) is 64.2 Å². The summed E-state index contributed by atoms with van der Waals surface area (Å²) in [5.74, 6) is -2.92. The van der Waals surface area contributed by atoms with Crippen LogP contribution < -0.4 is 0 Å². The number of rotatable bonds is 4. The second kappa shape index (κ2) is 13.6. The molecule has 1 aromatic carbocycles. The number of carboxylic acid groups (broad SMARTS) is 1. The number of nitrogens with one attached hydrogen (secondary N) is 1. The van der Waals surface area contributed by atoms with E-state index in [-0.39, 0.29) is 35.6 Å². The number of alkyl halides is 3. The molecule has 10 nitrogen and oxygen atoms in total. The van der Waals surface area contributed by atoms with Crippen molar-refractivity contribution in [2.45, 2.75) is 44.3 Å². The van der Waals surface area contributed by atoms with Gasteiger partial charge in [-0.2, -0.15) is 18.3 Å². The number of benzene rings is 1. The first kappa shape index (κ1) is 32.2. The molecule has 0 spiro atoms. The van der Waals surface area contributed by atoms with Crippen molar-refractivity contribution in [3.05, 3.63) is 51.8 Å². The lowest BCUT2D eigenvalue weighted by atomic mass is 9.83. The second-order valence-corrected chi connectivity index (χ2v) is 10.7. The van der Waals surface area contributed by atoms with Crippen LogP contribution in [-0.2, 0) is 14.4 Å². The van der Waals surface area contributed by atoms with Crippen LogP contribution in [0.25, 0.3) is 0 Å². The first-order valence-corrected chi connectivity index (χ1v) is 13.5. The van der Waals surface area contributed by atoms with E-state index in [4.69, 9.17) is 33.1 Å². The lowest BCUT2D eigenvalue weighted by molar-refractivity contribution is -0.192. The minimum absolute atomic E-state index is 0.0525. The Balaban J connectivity index is 0.000000587. The monoisotopic (exact) mass is 619 g/mol. The number of likely N-dealkylation sites (N-methyl/N-ethyl adjacent to an activating group) is 1. The Morgan fingerprint density at radius 3 is 2.17 bits per heavy atom. The van der Waals surface area contributed by atoms with Gasteiger partial charge in [-0.15, -0.1) is 0 Å². The van der Waals surface area contributed by atoms with Gasteiger partial charge in [-0.3, -0.25) is 19.5 Å².